The Kier molecular flexibility index (Phi) is 5.54. The lowest BCUT2D eigenvalue weighted by Gasteiger charge is -2.14. The van der Waals surface area contributed by atoms with Crippen molar-refractivity contribution in [2.24, 2.45) is 7.05 Å². The van der Waals surface area contributed by atoms with E-state index in [1.54, 1.807) is 4.68 Å². The van der Waals surface area contributed by atoms with Crippen molar-refractivity contribution >= 4 is 12.0 Å². The Morgan fingerprint density at radius 1 is 1.40 bits per heavy atom. The van der Waals surface area contributed by atoms with Crippen LogP contribution in [0.25, 0.3) is 0 Å². The number of nitrogens with zero attached hydrogens (tertiary/aromatic N) is 2. The topological polar surface area (TPSA) is 96.3 Å². The molecule has 0 aliphatic heterocycles. The number of rotatable bonds is 6. The van der Waals surface area contributed by atoms with E-state index in [-0.39, 0.29) is 0 Å². The number of nitrogens with one attached hydrogen (secondary N) is 2. The van der Waals surface area contributed by atoms with Gasteiger partial charge in [0.1, 0.15) is 6.04 Å². The number of carbonyl (C=O) groups is 2. The largest absolute Gasteiger partial charge is 0.480 e. The average molecular weight is 282 g/mol. The highest BCUT2D eigenvalue weighted by molar-refractivity contribution is 5.82. The lowest BCUT2D eigenvalue weighted by atomic mass is 10.2. The maximum absolute atomic E-state index is 11.7. The molecule has 20 heavy (non-hydrogen) atoms. The number of carboxylic acid groups (broad SMARTS) is 1. The van der Waals surface area contributed by atoms with Crippen molar-refractivity contribution in [3.63, 3.8) is 0 Å². The van der Waals surface area contributed by atoms with Crippen molar-refractivity contribution in [3.05, 3.63) is 17.0 Å². The molecular formula is C13H22N4O3. The van der Waals surface area contributed by atoms with Crippen LogP contribution in [-0.2, 0) is 18.4 Å². The van der Waals surface area contributed by atoms with Gasteiger partial charge in [-0.3, -0.25) is 4.68 Å². The SMILES string of the molecule is CCC[C@@H](NC(=O)NCc1c(C)nn(C)c1C)C(=O)O. The Morgan fingerprint density at radius 3 is 2.50 bits per heavy atom. The van der Waals surface area contributed by atoms with Gasteiger partial charge in [-0.05, 0) is 20.3 Å². The lowest BCUT2D eigenvalue weighted by Crippen LogP contribution is -2.45. The molecule has 0 radical (unpaired) electrons. The van der Waals surface area contributed by atoms with Crippen molar-refractivity contribution in [1.82, 2.24) is 20.4 Å². The molecule has 1 heterocycles. The van der Waals surface area contributed by atoms with Gasteiger partial charge < -0.3 is 15.7 Å². The van der Waals surface area contributed by atoms with E-state index in [0.29, 0.717) is 19.4 Å². The molecule has 2 amide bonds. The quantitative estimate of drug-likeness (QED) is 0.727. The first-order valence-electron chi connectivity index (χ1n) is 6.63. The minimum Gasteiger partial charge on any atom is -0.480 e. The van der Waals surface area contributed by atoms with Crippen molar-refractivity contribution in [2.45, 2.75) is 46.2 Å². The molecule has 0 bridgehead atoms. The van der Waals surface area contributed by atoms with Crippen LogP contribution in [0.3, 0.4) is 0 Å². The summed E-state index contributed by atoms with van der Waals surface area (Å²) in [7, 11) is 1.84. The number of urea groups is 1. The van der Waals surface area contributed by atoms with E-state index in [9.17, 15) is 9.59 Å². The normalized spacial score (nSPS) is 12.0. The third kappa shape index (κ3) is 3.97. The zero-order valence-electron chi connectivity index (χ0n) is 12.4. The number of aryl methyl sites for hydroxylation is 2. The Bertz CT molecular complexity index is 496. The summed E-state index contributed by atoms with van der Waals surface area (Å²) in [5.41, 5.74) is 2.78. The number of hydrogen-bond donors (Lipinski definition) is 3. The van der Waals surface area contributed by atoms with Gasteiger partial charge in [-0.1, -0.05) is 13.3 Å². The van der Waals surface area contributed by atoms with Crippen molar-refractivity contribution in [3.8, 4) is 0 Å². The van der Waals surface area contributed by atoms with Gasteiger partial charge in [0, 0.05) is 24.8 Å². The summed E-state index contributed by atoms with van der Waals surface area (Å²) in [6.07, 6.45) is 1.10. The Balaban J connectivity index is 2.56. The van der Waals surface area contributed by atoms with Crippen molar-refractivity contribution < 1.29 is 14.7 Å². The van der Waals surface area contributed by atoms with E-state index in [1.165, 1.54) is 0 Å². The molecule has 0 saturated carbocycles. The summed E-state index contributed by atoms with van der Waals surface area (Å²) in [5, 5.41) is 18.4. The summed E-state index contributed by atoms with van der Waals surface area (Å²) in [6.45, 7) is 6.00. The van der Waals surface area contributed by atoms with Gasteiger partial charge >= 0.3 is 12.0 Å². The van der Waals surface area contributed by atoms with Gasteiger partial charge in [0.15, 0.2) is 0 Å². The number of hydrogen-bond acceptors (Lipinski definition) is 3. The average Bonchev–Trinajstić information content (AvgIpc) is 2.60. The van der Waals surface area contributed by atoms with Crippen molar-refractivity contribution in [2.75, 3.05) is 0 Å². The predicted octanol–water partition coefficient (Wildman–Crippen LogP) is 1.09. The number of carboxylic acids is 1. The second-order valence-electron chi connectivity index (χ2n) is 4.78. The van der Waals surface area contributed by atoms with Crippen LogP contribution in [0.15, 0.2) is 0 Å². The fourth-order valence-electron chi connectivity index (χ4n) is 2.00. The van der Waals surface area contributed by atoms with Gasteiger partial charge in [-0.2, -0.15) is 5.10 Å². The van der Waals surface area contributed by atoms with Gasteiger partial charge in [-0.15, -0.1) is 0 Å². The second-order valence-corrected chi connectivity index (χ2v) is 4.78. The fraction of sp³-hybridized carbons (Fsp3) is 0.615. The highest BCUT2D eigenvalue weighted by Gasteiger charge is 2.19. The molecule has 3 N–H and O–H groups in total. The van der Waals surface area contributed by atoms with Crippen LogP contribution in [0.4, 0.5) is 4.79 Å². The highest BCUT2D eigenvalue weighted by atomic mass is 16.4. The second kappa shape index (κ2) is 6.93. The molecule has 0 aliphatic rings. The van der Waals surface area contributed by atoms with E-state index in [2.05, 4.69) is 15.7 Å². The standard InChI is InChI=1S/C13H22N4O3/c1-5-6-11(12(18)19)15-13(20)14-7-10-8(2)16-17(4)9(10)3/h11H,5-7H2,1-4H3,(H,18,19)(H2,14,15,20)/t11-/m1/s1. The van der Waals surface area contributed by atoms with Crippen LogP contribution < -0.4 is 10.6 Å². The molecule has 1 atom stereocenters. The van der Waals surface area contributed by atoms with E-state index < -0.39 is 18.0 Å². The number of carbonyl (C=O) groups excluding carboxylic acids is 1. The summed E-state index contributed by atoms with van der Waals surface area (Å²) in [6, 6.07) is -1.33. The van der Waals surface area contributed by atoms with Crippen LogP contribution >= 0.6 is 0 Å². The van der Waals surface area contributed by atoms with E-state index in [4.69, 9.17) is 5.11 Å². The maximum Gasteiger partial charge on any atom is 0.326 e. The smallest absolute Gasteiger partial charge is 0.326 e. The molecule has 112 valence electrons. The van der Waals surface area contributed by atoms with E-state index in [1.807, 2.05) is 27.8 Å². The third-order valence-corrected chi connectivity index (χ3v) is 3.27. The van der Waals surface area contributed by atoms with Crippen LogP contribution in [0, 0.1) is 13.8 Å². The zero-order chi connectivity index (χ0) is 15.3. The first-order valence-corrected chi connectivity index (χ1v) is 6.63. The summed E-state index contributed by atoms with van der Waals surface area (Å²) >= 11 is 0. The molecule has 7 heteroatoms. The summed E-state index contributed by atoms with van der Waals surface area (Å²) in [5.74, 6) is -1.02. The van der Waals surface area contributed by atoms with Gasteiger partial charge in [-0.25, -0.2) is 9.59 Å². The Morgan fingerprint density at radius 2 is 2.05 bits per heavy atom. The molecule has 0 fully saturated rings. The van der Waals surface area contributed by atoms with Crippen molar-refractivity contribution in [1.29, 1.82) is 0 Å². The Hall–Kier alpha value is -2.05. The van der Waals surface area contributed by atoms with Crippen LogP contribution in [-0.4, -0.2) is 32.9 Å². The molecule has 0 aromatic carbocycles. The van der Waals surface area contributed by atoms with Crippen LogP contribution in [0.5, 0.6) is 0 Å². The lowest BCUT2D eigenvalue weighted by molar-refractivity contribution is -0.139. The van der Waals surface area contributed by atoms with Crippen LogP contribution in [0.2, 0.25) is 0 Å². The summed E-state index contributed by atoms with van der Waals surface area (Å²) < 4.78 is 1.75. The molecule has 0 saturated heterocycles. The predicted molar refractivity (Wildman–Crippen MR) is 74.4 cm³/mol. The molecule has 7 nitrogen and oxygen atoms in total. The minimum absolute atomic E-state index is 0.329. The minimum atomic E-state index is -1.02. The zero-order valence-corrected chi connectivity index (χ0v) is 12.4. The van der Waals surface area contributed by atoms with E-state index in [0.717, 1.165) is 17.0 Å². The number of aliphatic carboxylic acids is 1. The van der Waals surface area contributed by atoms with Gasteiger partial charge in [0.2, 0.25) is 0 Å². The van der Waals surface area contributed by atoms with Gasteiger partial charge in [0.05, 0.1) is 5.69 Å². The molecular weight excluding hydrogens is 260 g/mol. The first kappa shape index (κ1) is 16.0. The molecule has 1 aromatic heterocycles. The summed E-state index contributed by atoms with van der Waals surface area (Å²) in [4.78, 5) is 22.7. The Labute approximate surface area is 118 Å². The van der Waals surface area contributed by atoms with Crippen LogP contribution in [0.1, 0.15) is 36.7 Å². The monoisotopic (exact) mass is 282 g/mol. The number of aromatic nitrogens is 2. The fourth-order valence-corrected chi connectivity index (χ4v) is 2.00. The molecule has 1 rings (SSSR count). The number of amides is 2. The molecule has 0 spiro atoms. The molecule has 1 aromatic rings. The van der Waals surface area contributed by atoms with Gasteiger partial charge in [0.25, 0.3) is 0 Å². The third-order valence-electron chi connectivity index (χ3n) is 3.27. The first-order chi connectivity index (χ1) is 9.36. The highest BCUT2D eigenvalue weighted by Crippen LogP contribution is 2.11. The van der Waals surface area contributed by atoms with E-state index >= 15 is 0 Å². The molecule has 0 unspecified atom stereocenters. The molecule has 0 aliphatic carbocycles. The maximum atomic E-state index is 11.7.